The molecule has 0 heterocycles. The number of hydrogen-bond donors (Lipinski definition) is 1. The fraction of sp³-hybridized carbons (Fsp3) is 0.263. The van der Waals surface area contributed by atoms with Crippen molar-refractivity contribution in [2.75, 3.05) is 13.7 Å². The van der Waals surface area contributed by atoms with Gasteiger partial charge >= 0.3 is 5.97 Å². The summed E-state index contributed by atoms with van der Waals surface area (Å²) in [5.74, 6) is -0.144. The molecule has 0 radical (unpaired) electrons. The summed E-state index contributed by atoms with van der Waals surface area (Å²) in [5.41, 5.74) is 3.44. The van der Waals surface area contributed by atoms with Crippen molar-refractivity contribution in [2.24, 2.45) is 0 Å². The van der Waals surface area contributed by atoms with Crippen molar-refractivity contribution >= 4 is 11.9 Å². The molecule has 2 aromatic carbocycles. The van der Waals surface area contributed by atoms with Crippen LogP contribution in [0.15, 0.2) is 42.5 Å². The summed E-state index contributed by atoms with van der Waals surface area (Å²) in [4.78, 5) is 23.8. The van der Waals surface area contributed by atoms with E-state index in [-0.39, 0.29) is 19.1 Å². The highest BCUT2D eigenvalue weighted by atomic mass is 16.5. The third-order valence-corrected chi connectivity index (χ3v) is 3.74. The summed E-state index contributed by atoms with van der Waals surface area (Å²) >= 11 is 0. The smallest absolute Gasteiger partial charge is 0.325 e. The lowest BCUT2D eigenvalue weighted by Gasteiger charge is -2.10. The van der Waals surface area contributed by atoms with Gasteiger partial charge in [-0.2, -0.15) is 0 Å². The van der Waals surface area contributed by atoms with Gasteiger partial charge in [-0.05, 0) is 43.2 Å². The highest BCUT2D eigenvalue weighted by Crippen LogP contribution is 2.18. The number of aryl methyl sites for hydroxylation is 2. The Balaban J connectivity index is 1.84. The number of carbonyl (C=O) groups excluding carboxylic acids is 2. The third-order valence-electron chi connectivity index (χ3n) is 3.74. The van der Waals surface area contributed by atoms with Gasteiger partial charge in [0.25, 0.3) is 5.91 Å². The number of benzene rings is 2. The fourth-order valence-electron chi connectivity index (χ4n) is 2.17. The van der Waals surface area contributed by atoms with E-state index in [2.05, 4.69) is 5.32 Å². The number of ether oxygens (including phenoxy) is 2. The minimum absolute atomic E-state index is 0.0996. The molecule has 5 heteroatoms. The first kappa shape index (κ1) is 17.5. The van der Waals surface area contributed by atoms with Crippen LogP contribution in [-0.4, -0.2) is 25.5 Å². The van der Waals surface area contributed by atoms with E-state index >= 15 is 0 Å². The van der Waals surface area contributed by atoms with Crippen LogP contribution in [0.1, 0.15) is 27.0 Å². The van der Waals surface area contributed by atoms with Crippen molar-refractivity contribution < 1.29 is 19.1 Å². The number of hydrogen-bond acceptors (Lipinski definition) is 4. The molecule has 0 saturated heterocycles. The predicted molar refractivity (Wildman–Crippen MR) is 91.0 cm³/mol. The molecule has 24 heavy (non-hydrogen) atoms. The lowest BCUT2D eigenvalue weighted by atomic mass is 10.1. The maximum absolute atomic E-state index is 12.0. The monoisotopic (exact) mass is 327 g/mol. The second kappa shape index (κ2) is 8.15. The van der Waals surface area contributed by atoms with Gasteiger partial charge in [0.05, 0.1) is 7.11 Å². The molecule has 2 aromatic rings. The Bertz CT molecular complexity index is 740. The standard InChI is InChI=1S/C19H21NO4/c1-13-8-9-15(10-14(13)2)19(22)20-11-18(21)24-12-16-6-4-5-7-17(16)23-3/h4-10H,11-12H2,1-3H3,(H,20,22). The molecule has 0 unspecified atom stereocenters. The second-order valence-electron chi connectivity index (χ2n) is 5.45. The molecule has 1 amide bonds. The Morgan fingerprint density at radius 1 is 1.04 bits per heavy atom. The van der Waals surface area contributed by atoms with E-state index in [0.717, 1.165) is 16.7 Å². The molecule has 126 valence electrons. The van der Waals surface area contributed by atoms with Crippen LogP contribution < -0.4 is 10.1 Å². The van der Waals surface area contributed by atoms with Crippen LogP contribution in [0.2, 0.25) is 0 Å². The zero-order valence-corrected chi connectivity index (χ0v) is 14.1. The Morgan fingerprint density at radius 3 is 2.50 bits per heavy atom. The van der Waals surface area contributed by atoms with Crippen LogP contribution in [0.5, 0.6) is 5.75 Å². The largest absolute Gasteiger partial charge is 0.496 e. The Kier molecular flexibility index (Phi) is 5.95. The first-order chi connectivity index (χ1) is 11.5. The average molecular weight is 327 g/mol. The van der Waals surface area contributed by atoms with Crippen molar-refractivity contribution in [1.29, 1.82) is 0 Å². The van der Waals surface area contributed by atoms with Gasteiger partial charge in [-0.25, -0.2) is 0 Å². The Morgan fingerprint density at radius 2 is 1.79 bits per heavy atom. The molecular weight excluding hydrogens is 306 g/mol. The fourth-order valence-corrected chi connectivity index (χ4v) is 2.17. The minimum atomic E-state index is -0.502. The van der Waals surface area contributed by atoms with Crippen LogP contribution in [-0.2, 0) is 16.1 Å². The van der Waals surface area contributed by atoms with E-state index in [1.54, 1.807) is 25.3 Å². The summed E-state index contributed by atoms with van der Waals surface area (Å²) in [6, 6.07) is 12.7. The number of amides is 1. The maximum atomic E-state index is 12.0. The number of methoxy groups -OCH3 is 1. The molecule has 0 saturated carbocycles. The van der Waals surface area contributed by atoms with Crippen LogP contribution in [0.4, 0.5) is 0 Å². The second-order valence-corrected chi connectivity index (χ2v) is 5.45. The number of carbonyl (C=O) groups is 2. The van der Waals surface area contributed by atoms with Crippen LogP contribution >= 0.6 is 0 Å². The summed E-state index contributed by atoms with van der Waals surface area (Å²) in [5, 5.41) is 2.57. The van der Waals surface area contributed by atoms with Gasteiger partial charge in [0, 0.05) is 11.1 Å². The molecule has 0 aliphatic carbocycles. The third kappa shape index (κ3) is 4.59. The zero-order valence-electron chi connectivity index (χ0n) is 14.1. The Labute approximate surface area is 141 Å². The molecule has 1 N–H and O–H groups in total. The van der Waals surface area contributed by atoms with Crippen LogP contribution in [0.25, 0.3) is 0 Å². The van der Waals surface area contributed by atoms with Gasteiger partial charge in [0.2, 0.25) is 0 Å². The predicted octanol–water partition coefficient (Wildman–Crippen LogP) is 2.79. The van der Waals surface area contributed by atoms with Crippen molar-refractivity contribution in [2.45, 2.75) is 20.5 Å². The summed E-state index contributed by atoms with van der Waals surface area (Å²) in [6.45, 7) is 3.84. The molecule has 5 nitrogen and oxygen atoms in total. The maximum Gasteiger partial charge on any atom is 0.325 e. The number of esters is 1. The van der Waals surface area contributed by atoms with Gasteiger partial charge in [0.15, 0.2) is 0 Å². The van der Waals surface area contributed by atoms with Gasteiger partial charge < -0.3 is 14.8 Å². The first-order valence-corrected chi connectivity index (χ1v) is 7.64. The first-order valence-electron chi connectivity index (χ1n) is 7.64. The topological polar surface area (TPSA) is 64.6 Å². The molecule has 0 bridgehead atoms. The van der Waals surface area contributed by atoms with Gasteiger partial charge in [-0.1, -0.05) is 24.3 Å². The quantitative estimate of drug-likeness (QED) is 0.829. The normalized spacial score (nSPS) is 10.1. The van der Waals surface area contributed by atoms with Crippen molar-refractivity contribution in [3.05, 3.63) is 64.7 Å². The van der Waals surface area contributed by atoms with E-state index < -0.39 is 5.97 Å². The molecule has 2 rings (SSSR count). The summed E-state index contributed by atoms with van der Waals surface area (Å²) < 4.78 is 10.4. The van der Waals surface area contributed by atoms with Crippen LogP contribution in [0.3, 0.4) is 0 Å². The van der Waals surface area contributed by atoms with Crippen molar-refractivity contribution in [3.8, 4) is 5.75 Å². The summed E-state index contributed by atoms with van der Waals surface area (Å²) in [6.07, 6.45) is 0. The van der Waals surface area contributed by atoms with E-state index in [1.165, 1.54) is 0 Å². The molecule has 0 fully saturated rings. The average Bonchev–Trinajstić information content (AvgIpc) is 2.60. The highest BCUT2D eigenvalue weighted by Gasteiger charge is 2.11. The van der Waals surface area contributed by atoms with E-state index in [4.69, 9.17) is 9.47 Å². The molecule has 0 spiro atoms. The lowest BCUT2D eigenvalue weighted by Crippen LogP contribution is -2.30. The van der Waals surface area contributed by atoms with Crippen molar-refractivity contribution in [1.82, 2.24) is 5.32 Å². The van der Waals surface area contributed by atoms with Gasteiger partial charge in [-0.3, -0.25) is 9.59 Å². The molecular formula is C19H21NO4. The summed E-state index contributed by atoms with van der Waals surface area (Å²) in [7, 11) is 1.56. The SMILES string of the molecule is COc1ccccc1COC(=O)CNC(=O)c1ccc(C)c(C)c1. The van der Waals surface area contributed by atoms with Gasteiger partial charge in [0.1, 0.15) is 18.9 Å². The molecule has 0 aliphatic rings. The van der Waals surface area contributed by atoms with Gasteiger partial charge in [-0.15, -0.1) is 0 Å². The number of rotatable bonds is 6. The minimum Gasteiger partial charge on any atom is -0.496 e. The molecule has 0 aromatic heterocycles. The molecule has 0 atom stereocenters. The van der Waals surface area contributed by atoms with Crippen molar-refractivity contribution in [3.63, 3.8) is 0 Å². The number of nitrogens with one attached hydrogen (secondary N) is 1. The van der Waals surface area contributed by atoms with Crippen LogP contribution in [0, 0.1) is 13.8 Å². The molecule has 0 aliphatic heterocycles. The van der Waals surface area contributed by atoms with E-state index in [9.17, 15) is 9.59 Å². The van der Waals surface area contributed by atoms with E-state index in [1.807, 2.05) is 38.1 Å². The lowest BCUT2D eigenvalue weighted by molar-refractivity contribution is -0.143. The highest BCUT2D eigenvalue weighted by molar-refractivity contribution is 5.96. The zero-order chi connectivity index (χ0) is 17.5. The Hall–Kier alpha value is -2.82. The van der Waals surface area contributed by atoms with E-state index in [0.29, 0.717) is 11.3 Å². The number of para-hydroxylation sites is 1.